The van der Waals surface area contributed by atoms with Crippen molar-refractivity contribution in [1.82, 2.24) is 0 Å². The van der Waals surface area contributed by atoms with E-state index >= 15 is 0 Å². The summed E-state index contributed by atoms with van der Waals surface area (Å²) in [7, 11) is -4.00. The number of anilines is 2. The second kappa shape index (κ2) is 11.2. The third-order valence-corrected chi connectivity index (χ3v) is 8.44. The van der Waals surface area contributed by atoms with Crippen molar-refractivity contribution in [3.63, 3.8) is 0 Å². The second-order valence-corrected chi connectivity index (χ2v) is 11.3. The van der Waals surface area contributed by atoms with E-state index in [9.17, 15) is 13.2 Å². The van der Waals surface area contributed by atoms with Gasteiger partial charge < -0.3 is 5.32 Å². The number of rotatable bonds is 8. The summed E-state index contributed by atoms with van der Waals surface area (Å²) < 4.78 is 29.1. The normalized spacial score (nSPS) is 11.2. The Morgan fingerprint density at radius 3 is 2.22 bits per heavy atom. The van der Waals surface area contributed by atoms with Crippen LogP contribution in [0.4, 0.5) is 11.4 Å². The van der Waals surface area contributed by atoms with E-state index in [4.69, 9.17) is 11.6 Å². The monoisotopic (exact) mass is 536 g/mol. The predicted molar refractivity (Wildman–Crippen MR) is 149 cm³/mol. The molecular weight excluding hydrogens is 512 g/mol. The Morgan fingerprint density at radius 2 is 1.53 bits per heavy atom. The van der Waals surface area contributed by atoms with Crippen LogP contribution in [-0.4, -0.2) is 20.6 Å². The molecule has 0 aromatic heterocycles. The fourth-order valence-electron chi connectivity index (χ4n) is 3.71. The van der Waals surface area contributed by atoms with Gasteiger partial charge in [-0.15, -0.1) is 11.8 Å². The van der Waals surface area contributed by atoms with E-state index in [1.165, 1.54) is 16.1 Å². The zero-order valence-corrected chi connectivity index (χ0v) is 22.2. The third kappa shape index (κ3) is 5.75. The van der Waals surface area contributed by atoms with Crippen LogP contribution in [0.25, 0.3) is 0 Å². The van der Waals surface area contributed by atoms with Gasteiger partial charge in [-0.25, -0.2) is 8.42 Å². The fourth-order valence-corrected chi connectivity index (χ4v) is 5.86. The van der Waals surface area contributed by atoms with Crippen molar-refractivity contribution in [2.24, 2.45) is 0 Å². The van der Waals surface area contributed by atoms with E-state index < -0.39 is 15.9 Å². The summed E-state index contributed by atoms with van der Waals surface area (Å²) in [5.41, 5.74) is 2.88. The number of aryl methyl sites for hydroxylation is 1. The Morgan fingerprint density at radius 1 is 0.889 bits per heavy atom. The van der Waals surface area contributed by atoms with Crippen LogP contribution in [0.15, 0.2) is 107 Å². The van der Waals surface area contributed by atoms with Crippen molar-refractivity contribution in [2.45, 2.75) is 23.3 Å². The highest BCUT2D eigenvalue weighted by atomic mass is 35.5. The number of hydrogen-bond acceptors (Lipinski definition) is 4. The molecule has 0 aliphatic heterocycles. The van der Waals surface area contributed by atoms with Gasteiger partial charge in [-0.1, -0.05) is 65.7 Å². The summed E-state index contributed by atoms with van der Waals surface area (Å²) in [6.07, 6.45) is 1.93. The van der Waals surface area contributed by atoms with Gasteiger partial charge in [0.05, 0.1) is 28.4 Å². The molecule has 0 radical (unpaired) electrons. The van der Waals surface area contributed by atoms with E-state index in [1.807, 2.05) is 37.4 Å². The molecule has 0 heterocycles. The molecule has 4 aromatic rings. The standard InChI is InChI=1S/C28H25ClN2O3S2/c1-20-11-17-23(18-12-20)36(33,34)31(19-21-13-15-22(29)16-14-21)26-9-5-3-7-24(26)28(32)30-25-8-4-6-10-27(25)35-2/h3-18H,19H2,1-2H3,(H,30,32). The molecular formula is C28H25ClN2O3S2. The van der Waals surface area contributed by atoms with Crippen LogP contribution < -0.4 is 9.62 Å². The van der Waals surface area contributed by atoms with E-state index in [1.54, 1.807) is 72.8 Å². The number of benzene rings is 4. The molecule has 0 aliphatic rings. The van der Waals surface area contributed by atoms with Crippen molar-refractivity contribution >= 4 is 50.7 Å². The molecule has 0 saturated heterocycles. The van der Waals surface area contributed by atoms with Gasteiger partial charge in [0, 0.05) is 9.92 Å². The van der Waals surface area contributed by atoms with Crippen molar-refractivity contribution in [3.05, 3.63) is 119 Å². The summed E-state index contributed by atoms with van der Waals surface area (Å²) in [6.45, 7) is 1.92. The van der Waals surface area contributed by atoms with Crippen molar-refractivity contribution < 1.29 is 13.2 Å². The lowest BCUT2D eigenvalue weighted by atomic mass is 10.1. The minimum absolute atomic E-state index is 0.0269. The average Bonchev–Trinajstić information content (AvgIpc) is 2.89. The summed E-state index contributed by atoms with van der Waals surface area (Å²) >= 11 is 7.56. The van der Waals surface area contributed by atoms with Gasteiger partial charge in [-0.2, -0.15) is 0 Å². The van der Waals surface area contributed by atoms with E-state index in [2.05, 4.69) is 5.32 Å². The Balaban J connectivity index is 1.80. The second-order valence-electron chi connectivity index (χ2n) is 8.12. The number of carbonyl (C=O) groups excluding carboxylic acids is 1. The number of halogens is 1. The minimum atomic E-state index is -4.00. The molecule has 0 bridgehead atoms. The molecule has 0 saturated carbocycles. The molecule has 4 rings (SSSR count). The first-order chi connectivity index (χ1) is 17.3. The van der Waals surface area contributed by atoms with E-state index in [0.29, 0.717) is 10.7 Å². The molecule has 0 unspecified atom stereocenters. The largest absolute Gasteiger partial charge is 0.321 e. The van der Waals surface area contributed by atoms with Gasteiger partial charge >= 0.3 is 0 Å². The molecule has 0 spiro atoms. The van der Waals surface area contributed by atoms with E-state index in [-0.39, 0.29) is 22.7 Å². The lowest BCUT2D eigenvalue weighted by Crippen LogP contribution is -2.32. The first kappa shape index (κ1) is 25.8. The molecule has 0 fully saturated rings. The fraction of sp³-hybridized carbons (Fsp3) is 0.107. The smallest absolute Gasteiger partial charge is 0.264 e. The number of nitrogens with one attached hydrogen (secondary N) is 1. The lowest BCUT2D eigenvalue weighted by Gasteiger charge is -2.27. The van der Waals surface area contributed by atoms with Crippen LogP contribution in [0.3, 0.4) is 0 Å². The number of amides is 1. The molecule has 184 valence electrons. The van der Waals surface area contributed by atoms with Crippen LogP contribution >= 0.6 is 23.4 Å². The highest BCUT2D eigenvalue weighted by molar-refractivity contribution is 7.98. The SMILES string of the molecule is CSc1ccccc1NC(=O)c1ccccc1N(Cc1ccc(Cl)cc1)S(=O)(=O)c1ccc(C)cc1. The first-order valence-corrected chi connectivity index (χ1v) is 14.2. The van der Waals surface area contributed by atoms with Crippen LogP contribution in [0.5, 0.6) is 0 Å². The molecule has 8 heteroatoms. The molecule has 1 N–H and O–H groups in total. The topological polar surface area (TPSA) is 66.5 Å². The average molecular weight is 537 g/mol. The molecule has 0 aliphatic carbocycles. The predicted octanol–water partition coefficient (Wildman–Crippen LogP) is 7.02. The molecule has 4 aromatic carbocycles. The number of nitrogens with zero attached hydrogens (tertiary/aromatic N) is 1. The number of thioether (sulfide) groups is 1. The third-order valence-electron chi connectivity index (χ3n) is 5.62. The highest BCUT2D eigenvalue weighted by Gasteiger charge is 2.29. The first-order valence-electron chi connectivity index (χ1n) is 11.2. The van der Waals surface area contributed by atoms with Gasteiger partial charge in [-0.05, 0) is 67.3 Å². The zero-order chi connectivity index (χ0) is 25.7. The molecule has 1 amide bonds. The van der Waals surface area contributed by atoms with Gasteiger partial charge in [0.25, 0.3) is 15.9 Å². The number of hydrogen-bond donors (Lipinski definition) is 1. The molecule has 36 heavy (non-hydrogen) atoms. The quantitative estimate of drug-likeness (QED) is 0.246. The summed E-state index contributed by atoms with van der Waals surface area (Å²) in [6, 6.07) is 27.9. The van der Waals surface area contributed by atoms with Crippen molar-refractivity contribution in [1.29, 1.82) is 0 Å². The lowest BCUT2D eigenvalue weighted by molar-refractivity contribution is 0.102. The maximum atomic E-state index is 13.9. The van der Waals surface area contributed by atoms with Crippen LogP contribution in [-0.2, 0) is 16.6 Å². The van der Waals surface area contributed by atoms with E-state index in [0.717, 1.165) is 16.0 Å². The van der Waals surface area contributed by atoms with Crippen LogP contribution in [0, 0.1) is 6.92 Å². The number of para-hydroxylation sites is 2. The van der Waals surface area contributed by atoms with Crippen molar-refractivity contribution in [2.75, 3.05) is 15.9 Å². The Kier molecular flexibility index (Phi) is 8.04. The Bertz CT molecular complexity index is 1470. The van der Waals surface area contributed by atoms with Crippen LogP contribution in [0.2, 0.25) is 5.02 Å². The maximum absolute atomic E-state index is 13.9. The van der Waals surface area contributed by atoms with Crippen molar-refractivity contribution in [3.8, 4) is 0 Å². The molecule has 0 atom stereocenters. The summed E-state index contributed by atoms with van der Waals surface area (Å²) in [4.78, 5) is 14.5. The zero-order valence-electron chi connectivity index (χ0n) is 19.8. The highest BCUT2D eigenvalue weighted by Crippen LogP contribution is 2.31. The number of sulfonamides is 1. The van der Waals surface area contributed by atoms with Gasteiger partial charge in [0.2, 0.25) is 0 Å². The van der Waals surface area contributed by atoms with Gasteiger partial charge in [0.1, 0.15) is 0 Å². The maximum Gasteiger partial charge on any atom is 0.264 e. The van der Waals surface area contributed by atoms with Crippen LogP contribution in [0.1, 0.15) is 21.5 Å². The minimum Gasteiger partial charge on any atom is -0.321 e. The van der Waals surface area contributed by atoms with Gasteiger partial charge in [-0.3, -0.25) is 9.10 Å². The molecule has 5 nitrogen and oxygen atoms in total. The summed E-state index contributed by atoms with van der Waals surface area (Å²) in [5, 5.41) is 3.50. The van der Waals surface area contributed by atoms with Gasteiger partial charge in [0.15, 0.2) is 0 Å². The Labute approximate surface area is 221 Å². The number of carbonyl (C=O) groups is 1. The summed E-state index contributed by atoms with van der Waals surface area (Å²) in [5.74, 6) is -0.396. The Hall–Kier alpha value is -3.26.